The molecule has 93 heavy (non-hydrogen) atoms. The number of aliphatic hydroxyl groups excluding tert-OH is 1. The molecule has 12 rings (SSSR count). The van der Waals surface area contributed by atoms with E-state index in [4.69, 9.17) is 57.8 Å². The third-order valence-corrected chi connectivity index (χ3v) is 21.2. The van der Waals surface area contributed by atoms with Gasteiger partial charge in [-0.1, -0.05) is 33.9 Å². The molecule has 0 aliphatic carbocycles. The summed E-state index contributed by atoms with van der Waals surface area (Å²) in [6, 6.07) is -3.00. The van der Waals surface area contributed by atoms with Crippen LogP contribution in [0.4, 0.5) is 4.79 Å². The van der Waals surface area contributed by atoms with Gasteiger partial charge >= 0.3 is 6.03 Å². The number of carbonyl (C=O) groups is 8. The number of hydrogen-bond acceptors (Lipinski definition) is 20. The van der Waals surface area contributed by atoms with Crippen molar-refractivity contribution in [2.45, 2.75) is 239 Å². The summed E-state index contributed by atoms with van der Waals surface area (Å²) in [5.74, 6) is -6.02. The molecule has 3 unspecified atom stereocenters. The minimum atomic E-state index is -1.16. The smallest absolute Gasteiger partial charge is 0.312 e. The van der Waals surface area contributed by atoms with Gasteiger partial charge < -0.3 is 84.2 Å². The van der Waals surface area contributed by atoms with E-state index in [0.717, 1.165) is 60.3 Å². The van der Waals surface area contributed by atoms with E-state index in [9.17, 15) is 43.5 Å². The Balaban J connectivity index is 0.718. The second kappa shape index (κ2) is 30.5. The highest BCUT2D eigenvalue weighted by Gasteiger charge is 2.69. The van der Waals surface area contributed by atoms with E-state index in [0.29, 0.717) is 32.1 Å². The molecule has 26 heteroatoms. The summed E-state index contributed by atoms with van der Waals surface area (Å²) in [5, 5.41) is 22.7. The van der Waals surface area contributed by atoms with Crippen LogP contribution in [-0.4, -0.2) is 226 Å². The summed E-state index contributed by atoms with van der Waals surface area (Å²) in [4.78, 5) is 106. The normalized spacial score (nSPS) is 38.7. The number of methoxy groups -OCH3 is 1. The number of carbonyl (C=O) groups excluding carboxylic acids is 8. The van der Waals surface area contributed by atoms with E-state index in [-0.39, 0.29) is 170 Å². The minimum absolute atomic E-state index is 0.0146. The van der Waals surface area contributed by atoms with Gasteiger partial charge in [0.25, 0.3) is 11.8 Å². The molecule has 1 spiro atoms. The van der Waals surface area contributed by atoms with Crippen LogP contribution in [0.25, 0.3) is 0 Å². The van der Waals surface area contributed by atoms with Gasteiger partial charge in [-0.05, 0) is 87.2 Å². The average Bonchev–Trinajstić information content (AvgIpc) is 1.55. The van der Waals surface area contributed by atoms with Gasteiger partial charge in [0, 0.05) is 102 Å². The summed E-state index contributed by atoms with van der Waals surface area (Å²) in [6.07, 6.45) is 4.25. The maximum atomic E-state index is 14.7. The molecule has 12 aliphatic heterocycles. The Morgan fingerprint density at radius 3 is 2.22 bits per heavy atom. The van der Waals surface area contributed by atoms with Crippen molar-refractivity contribution in [3.8, 4) is 0 Å². The molecule has 516 valence electrons. The molecule has 0 saturated carbocycles. The first-order valence-corrected chi connectivity index (χ1v) is 34.1. The lowest BCUT2D eigenvalue weighted by Crippen LogP contribution is -2.61. The first-order chi connectivity index (χ1) is 44.6. The lowest BCUT2D eigenvalue weighted by molar-refractivity contribution is -0.292. The standard InChI is InChI=1S/C67H98N6O20/c1-34(2)57(72-54(77)22-38-29-84-31-40(32-85-30-38)48(76)16-19-73-55(78)13-14-56(73)79)65(81)71-47(8-7-18-69-66(68)82)64(80)70-28-42(75)23-39-33-86-52-26-51-37(5)35(3)20-43(88-51)9-11-49-36(4)21-45(87-49)15-17-67-27-53-60(92-67)61-62(91-53)63(93-67)59-50(90-61)12-10-44(89-59)24-41(74)25-46(52)58(39)83-6/h13-14,34-35,38-40,42-47,49-53,57-63,75H,4-5,7-12,15-33H2,1-3,6H3,(H,70,80)(H,71,81)(H,72,77)(H3,68,69,82)/t35-,38?,39+,40?,42+,43+,44-,45+,46+,47+,49+,50+,51-,52+,53?,57+,58+,59+,60+,61?,62?,63+,67+/m1/s1. The molecular weight excluding hydrogens is 1210 g/mol. The van der Waals surface area contributed by atoms with Crippen LogP contribution < -0.4 is 27.0 Å². The summed E-state index contributed by atoms with van der Waals surface area (Å²) in [6.45, 7) is 14.9. The minimum Gasteiger partial charge on any atom is -0.391 e. The van der Waals surface area contributed by atoms with E-state index >= 15 is 0 Å². The first kappa shape index (κ1) is 69.3. The molecule has 12 bridgehead atoms. The molecule has 11 saturated heterocycles. The van der Waals surface area contributed by atoms with Gasteiger partial charge in [-0.3, -0.25) is 38.5 Å². The summed E-state index contributed by atoms with van der Waals surface area (Å²) >= 11 is 0. The second-order valence-electron chi connectivity index (χ2n) is 28.4. The predicted molar refractivity (Wildman–Crippen MR) is 329 cm³/mol. The monoisotopic (exact) mass is 1310 g/mol. The topological polar surface area (TPSA) is 336 Å². The fourth-order valence-electron chi connectivity index (χ4n) is 16.2. The van der Waals surface area contributed by atoms with E-state index in [1.807, 2.05) is 0 Å². The number of hydrogen-bond donors (Lipinski definition) is 6. The van der Waals surface area contributed by atoms with E-state index < -0.39 is 120 Å². The number of imide groups is 1. The Morgan fingerprint density at radius 1 is 0.763 bits per heavy atom. The zero-order valence-electron chi connectivity index (χ0n) is 54.3. The number of ketones is 2. The number of nitrogens with one attached hydrogen (secondary N) is 4. The Labute approximate surface area is 543 Å². The van der Waals surface area contributed by atoms with Crippen LogP contribution in [0.5, 0.6) is 0 Å². The molecule has 0 aromatic heterocycles. The quantitative estimate of drug-likeness (QED) is 0.0579. The van der Waals surface area contributed by atoms with Crippen LogP contribution in [-0.2, 0) is 85.7 Å². The lowest BCUT2D eigenvalue weighted by atomic mass is 9.75. The first-order valence-electron chi connectivity index (χ1n) is 34.1. The zero-order valence-corrected chi connectivity index (χ0v) is 54.3. The van der Waals surface area contributed by atoms with Crippen molar-refractivity contribution in [1.29, 1.82) is 0 Å². The van der Waals surface area contributed by atoms with Crippen LogP contribution in [0.15, 0.2) is 36.5 Å². The van der Waals surface area contributed by atoms with Crippen molar-refractivity contribution in [1.82, 2.24) is 26.2 Å². The van der Waals surface area contributed by atoms with Gasteiger partial charge in [0.15, 0.2) is 5.79 Å². The van der Waals surface area contributed by atoms with Gasteiger partial charge in [0.1, 0.15) is 54.2 Å². The van der Waals surface area contributed by atoms with E-state index in [2.05, 4.69) is 41.3 Å². The molecule has 0 radical (unpaired) electrons. The SMILES string of the molecule is C=C1C[C@@H]2CC[C@@]34CC5OC6C(O[C@H]7CC[C@H](CC(=O)C[C@@H]8[C@@H](OC)[C@@H](C[C@H](O)CNC(=O)[C@H](CCCNC(N)=O)NC(=O)[C@@H](NC(=O)CC9COCC(C(=O)CCN%10C(=O)C=CC%10=O)COC9)C(C)C)CO[C@H]8C[C@H]8O[C@@H](CC[C@@H]1O2)C[C@@H](C)C8=C)O[C@@H]7[C@@H]6O3)[C@H]5O4. The van der Waals surface area contributed by atoms with Gasteiger partial charge in [-0.25, -0.2) is 4.79 Å². The van der Waals surface area contributed by atoms with Gasteiger partial charge in [0.05, 0.1) is 100.0 Å². The molecule has 12 aliphatic rings. The van der Waals surface area contributed by atoms with Crippen molar-refractivity contribution < 1.29 is 95.6 Å². The molecule has 21 atom stereocenters. The maximum Gasteiger partial charge on any atom is 0.312 e. The van der Waals surface area contributed by atoms with Crippen molar-refractivity contribution in [2.75, 3.05) is 59.8 Å². The molecule has 7 amide bonds. The predicted octanol–water partition coefficient (Wildman–Crippen LogP) is 2.47. The molecule has 26 nitrogen and oxygen atoms in total. The molecule has 0 aromatic rings. The zero-order chi connectivity index (χ0) is 65.8. The number of nitrogens with two attached hydrogens (primary N) is 1. The second-order valence-corrected chi connectivity index (χ2v) is 28.4. The van der Waals surface area contributed by atoms with Gasteiger partial charge in [0.2, 0.25) is 17.7 Å². The highest BCUT2D eigenvalue weighted by Crippen LogP contribution is 2.54. The average molecular weight is 1310 g/mol. The third kappa shape index (κ3) is 16.5. The number of urea groups is 1. The molecular formula is C67H98N6O20. The van der Waals surface area contributed by atoms with Crippen LogP contribution >= 0.6 is 0 Å². The highest BCUT2D eigenvalue weighted by molar-refractivity contribution is 6.13. The van der Waals surface area contributed by atoms with E-state index in [1.54, 1.807) is 21.0 Å². The summed E-state index contributed by atoms with van der Waals surface area (Å²) in [5.41, 5.74) is 7.37. The fraction of sp³-hybridized carbons (Fsp3) is 0.791. The summed E-state index contributed by atoms with van der Waals surface area (Å²) < 4.78 is 72.7. The number of amides is 7. The third-order valence-electron chi connectivity index (χ3n) is 21.2. The van der Waals surface area contributed by atoms with Crippen LogP contribution in [0.1, 0.15) is 130 Å². The molecule has 11 fully saturated rings. The van der Waals surface area contributed by atoms with Crippen LogP contribution in [0.2, 0.25) is 0 Å². The number of primary amides is 1. The van der Waals surface area contributed by atoms with Gasteiger partial charge in [-0.2, -0.15) is 0 Å². The molecule has 0 aromatic carbocycles. The largest absolute Gasteiger partial charge is 0.391 e. The lowest BCUT2D eigenvalue weighted by Gasteiger charge is -2.47. The van der Waals surface area contributed by atoms with Crippen molar-refractivity contribution >= 4 is 47.1 Å². The highest BCUT2D eigenvalue weighted by atomic mass is 16.8. The summed E-state index contributed by atoms with van der Waals surface area (Å²) in [7, 11) is 1.60. The number of fused-ring (bicyclic) bond motifs is 6. The van der Waals surface area contributed by atoms with Crippen molar-refractivity contribution in [2.24, 2.45) is 41.2 Å². The molecule has 7 N–H and O–H groups in total. The van der Waals surface area contributed by atoms with E-state index in [1.165, 1.54) is 0 Å². The Kier molecular flexibility index (Phi) is 22.7. The van der Waals surface area contributed by atoms with Crippen LogP contribution in [0.3, 0.4) is 0 Å². The number of Topliss-reactive ketones (excluding diaryl/α,β-unsaturated/α-hetero) is 2. The number of nitrogens with zero attached hydrogens (tertiary/aromatic N) is 1. The van der Waals surface area contributed by atoms with Crippen LogP contribution in [0, 0.1) is 35.5 Å². The molecule has 12 heterocycles. The Morgan fingerprint density at radius 2 is 1.47 bits per heavy atom. The Hall–Kier alpha value is -5.10. The number of rotatable bonds is 20. The van der Waals surface area contributed by atoms with Gasteiger partial charge in [-0.15, -0.1) is 0 Å². The Bertz CT molecular complexity index is 2780. The number of ether oxygens (including phenoxy) is 11. The van der Waals surface area contributed by atoms with Crippen molar-refractivity contribution in [3.63, 3.8) is 0 Å². The maximum absolute atomic E-state index is 14.7. The number of aliphatic hydroxyl groups is 1. The fourth-order valence-corrected chi connectivity index (χ4v) is 16.2. The van der Waals surface area contributed by atoms with Crippen molar-refractivity contribution in [3.05, 3.63) is 36.5 Å².